The summed E-state index contributed by atoms with van der Waals surface area (Å²) in [5, 5.41) is 0. The molecule has 2 aliphatic heterocycles. The molecule has 20 heavy (non-hydrogen) atoms. The largest absolute Gasteiger partial charge is 0.473 e. The number of likely N-dealkylation sites (N-methyl/N-ethyl adjacent to an activating group) is 1. The Balaban J connectivity index is 1.72. The Hall–Kier alpha value is -1.95. The zero-order valence-electron chi connectivity index (χ0n) is 11.5. The van der Waals surface area contributed by atoms with E-state index >= 15 is 0 Å². The lowest BCUT2D eigenvalue weighted by molar-refractivity contribution is -0.135. The van der Waals surface area contributed by atoms with Gasteiger partial charge in [0.2, 0.25) is 0 Å². The molecule has 3 heterocycles. The number of hydrogen-bond acceptors (Lipinski definition) is 5. The third-order valence-electron chi connectivity index (χ3n) is 3.82. The monoisotopic (exact) mass is 274 g/mol. The summed E-state index contributed by atoms with van der Waals surface area (Å²) in [6, 6.07) is 3.26. The molecule has 106 valence electrons. The molecule has 3 rings (SSSR count). The van der Waals surface area contributed by atoms with Crippen molar-refractivity contribution in [3.63, 3.8) is 0 Å². The lowest BCUT2D eigenvalue weighted by Gasteiger charge is -2.34. The van der Waals surface area contributed by atoms with Crippen LogP contribution in [-0.4, -0.2) is 66.4 Å². The maximum atomic E-state index is 12.6. The maximum Gasteiger partial charge on any atom is 0.251 e. The number of amides is 1. The molecule has 0 spiro atoms. The molecule has 6 heteroatoms. The second-order valence-electron chi connectivity index (χ2n) is 5.17. The van der Waals surface area contributed by atoms with E-state index in [1.54, 1.807) is 12.4 Å². The van der Waals surface area contributed by atoms with Crippen LogP contribution in [0.1, 0.15) is 11.7 Å². The van der Waals surface area contributed by atoms with E-state index in [1.807, 2.05) is 17.0 Å². The minimum atomic E-state index is -0.471. The van der Waals surface area contributed by atoms with Crippen molar-refractivity contribution >= 4 is 12.3 Å². The van der Waals surface area contributed by atoms with E-state index in [9.17, 15) is 4.79 Å². The number of aliphatic imine (C=N–C) groups is 1. The maximum absolute atomic E-state index is 12.6. The Labute approximate surface area is 118 Å². The lowest BCUT2D eigenvalue weighted by atomic mass is 10.0. The first-order valence-electron chi connectivity index (χ1n) is 6.80. The number of piperazine rings is 1. The van der Waals surface area contributed by atoms with Crippen molar-refractivity contribution in [1.82, 2.24) is 14.8 Å². The van der Waals surface area contributed by atoms with Crippen LogP contribution in [-0.2, 0) is 9.53 Å². The molecule has 1 amide bonds. The van der Waals surface area contributed by atoms with Crippen LogP contribution in [0.3, 0.4) is 0 Å². The predicted octanol–water partition coefficient (Wildman–Crippen LogP) is 0.324. The summed E-state index contributed by atoms with van der Waals surface area (Å²) in [7, 11) is 2.07. The highest BCUT2D eigenvalue weighted by atomic mass is 16.5. The summed E-state index contributed by atoms with van der Waals surface area (Å²) in [6.45, 7) is 3.32. The van der Waals surface area contributed by atoms with Crippen molar-refractivity contribution in [3.05, 3.63) is 30.1 Å². The van der Waals surface area contributed by atoms with Crippen LogP contribution in [0.2, 0.25) is 0 Å². The first-order chi connectivity index (χ1) is 9.75. The Morgan fingerprint density at radius 2 is 1.95 bits per heavy atom. The van der Waals surface area contributed by atoms with Gasteiger partial charge in [-0.05, 0) is 24.7 Å². The van der Waals surface area contributed by atoms with Gasteiger partial charge in [-0.1, -0.05) is 0 Å². The Kier molecular flexibility index (Phi) is 3.64. The number of nitrogens with zero attached hydrogens (tertiary/aromatic N) is 4. The number of rotatable bonds is 2. The van der Waals surface area contributed by atoms with Crippen molar-refractivity contribution < 1.29 is 9.53 Å². The van der Waals surface area contributed by atoms with Gasteiger partial charge in [0.05, 0.1) is 0 Å². The van der Waals surface area contributed by atoms with Gasteiger partial charge in [0, 0.05) is 38.6 Å². The third-order valence-corrected chi connectivity index (χ3v) is 3.82. The van der Waals surface area contributed by atoms with Crippen LogP contribution in [0.4, 0.5) is 0 Å². The van der Waals surface area contributed by atoms with Crippen molar-refractivity contribution in [2.45, 2.75) is 12.1 Å². The van der Waals surface area contributed by atoms with Crippen molar-refractivity contribution in [1.29, 1.82) is 0 Å². The standard InChI is InChI=1S/C14H18N4O2/c1-17-6-8-18(9-7-17)14(19)12-13(20-10-16-12)11-2-4-15-5-3-11/h2-5,10,12-13H,6-9H2,1H3/t12-,13+/m0/s1. The van der Waals surface area contributed by atoms with Gasteiger partial charge >= 0.3 is 0 Å². The summed E-state index contributed by atoms with van der Waals surface area (Å²) < 4.78 is 5.51. The summed E-state index contributed by atoms with van der Waals surface area (Å²) in [4.78, 5) is 24.9. The summed E-state index contributed by atoms with van der Waals surface area (Å²) in [5.41, 5.74) is 0.935. The molecule has 1 aromatic heterocycles. The van der Waals surface area contributed by atoms with Crippen molar-refractivity contribution in [2.24, 2.45) is 4.99 Å². The molecule has 1 aromatic rings. The van der Waals surface area contributed by atoms with Gasteiger partial charge in [-0.25, -0.2) is 4.99 Å². The molecule has 2 aliphatic rings. The number of carbonyl (C=O) groups is 1. The summed E-state index contributed by atoms with van der Waals surface area (Å²) >= 11 is 0. The van der Waals surface area contributed by atoms with E-state index in [-0.39, 0.29) is 12.0 Å². The second kappa shape index (κ2) is 5.58. The number of carbonyl (C=O) groups excluding carboxylic acids is 1. The minimum Gasteiger partial charge on any atom is -0.473 e. The highest BCUT2D eigenvalue weighted by Gasteiger charge is 2.37. The average Bonchev–Trinajstić information content (AvgIpc) is 2.97. The quantitative estimate of drug-likeness (QED) is 0.779. The van der Waals surface area contributed by atoms with Gasteiger partial charge in [-0.15, -0.1) is 0 Å². The third kappa shape index (κ3) is 2.51. The van der Waals surface area contributed by atoms with Gasteiger partial charge in [0.15, 0.2) is 18.5 Å². The van der Waals surface area contributed by atoms with Gasteiger partial charge in [0.1, 0.15) is 0 Å². The SMILES string of the molecule is CN1CCN(C(=O)[C@H]2N=CO[C@@H]2c2ccncc2)CC1. The van der Waals surface area contributed by atoms with Crippen LogP contribution in [0.15, 0.2) is 29.5 Å². The van der Waals surface area contributed by atoms with Crippen LogP contribution in [0, 0.1) is 0 Å². The molecule has 0 radical (unpaired) electrons. The molecular weight excluding hydrogens is 256 g/mol. The second-order valence-corrected chi connectivity index (χ2v) is 5.17. The molecule has 0 aliphatic carbocycles. The normalized spacial score (nSPS) is 26.6. The average molecular weight is 274 g/mol. The van der Waals surface area contributed by atoms with E-state index in [0.717, 1.165) is 31.7 Å². The highest BCUT2D eigenvalue weighted by Crippen LogP contribution is 2.28. The van der Waals surface area contributed by atoms with Crippen molar-refractivity contribution in [2.75, 3.05) is 33.2 Å². The predicted molar refractivity (Wildman–Crippen MR) is 74.4 cm³/mol. The fourth-order valence-electron chi connectivity index (χ4n) is 2.54. The minimum absolute atomic E-state index is 0.0497. The van der Waals surface area contributed by atoms with Gasteiger partial charge in [-0.3, -0.25) is 9.78 Å². The summed E-state index contributed by atoms with van der Waals surface area (Å²) in [5.74, 6) is 0.0497. The molecule has 1 fully saturated rings. The van der Waals surface area contributed by atoms with Crippen LogP contribution in [0.5, 0.6) is 0 Å². The van der Waals surface area contributed by atoms with Crippen LogP contribution in [0.25, 0.3) is 0 Å². The van der Waals surface area contributed by atoms with Gasteiger partial charge < -0.3 is 14.5 Å². The van der Waals surface area contributed by atoms with E-state index in [2.05, 4.69) is 21.9 Å². The van der Waals surface area contributed by atoms with E-state index in [4.69, 9.17) is 4.74 Å². The van der Waals surface area contributed by atoms with Gasteiger partial charge in [0.25, 0.3) is 5.91 Å². The van der Waals surface area contributed by atoms with Crippen LogP contribution >= 0.6 is 0 Å². The molecule has 2 atom stereocenters. The smallest absolute Gasteiger partial charge is 0.251 e. The first-order valence-corrected chi connectivity index (χ1v) is 6.80. The molecule has 0 saturated carbocycles. The highest BCUT2D eigenvalue weighted by molar-refractivity contribution is 5.85. The summed E-state index contributed by atoms with van der Waals surface area (Å²) in [6.07, 6.45) is 4.47. The van der Waals surface area contributed by atoms with Gasteiger partial charge in [-0.2, -0.15) is 0 Å². The number of aromatic nitrogens is 1. The molecule has 1 saturated heterocycles. The number of hydrogen-bond donors (Lipinski definition) is 0. The fourth-order valence-corrected chi connectivity index (χ4v) is 2.54. The topological polar surface area (TPSA) is 58.0 Å². The molecule has 0 unspecified atom stereocenters. The van der Waals surface area contributed by atoms with E-state index < -0.39 is 6.04 Å². The number of pyridine rings is 1. The molecule has 6 nitrogen and oxygen atoms in total. The van der Waals surface area contributed by atoms with E-state index in [0.29, 0.717) is 0 Å². The first kappa shape index (κ1) is 13.1. The molecule has 0 aromatic carbocycles. The molecule has 0 bridgehead atoms. The Morgan fingerprint density at radius 3 is 2.65 bits per heavy atom. The van der Waals surface area contributed by atoms with E-state index in [1.165, 1.54) is 6.40 Å². The molecule has 0 N–H and O–H groups in total. The fraction of sp³-hybridized carbons (Fsp3) is 0.500. The zero-order valence-corrected chi connectivity index (χ0v) is 11.5. The number of ether oxygens (including phenoxy) is 1. The Morgan fingerprint density at radius 1 is 1.25 bits per heavy atom. The Bertz CT molecular complexity index is 497. The van der Waals surface area contributed by atoms with Crippen LogP contribution < -0.4 is 0 Å². The lowest BCUT2D eigenvalue weighted by Crippen LogP contribution is -2.50. The molecular formula is C14H18N4O2. The van der Waals surface area contributed by atoms with Crippen molar-refractivity contribution in [3.8, 4) is 0 Å². The zero-order chi connectivity index (χ0) is 13.9.